The summed E-state index contributed by atoms with van der Waals surface area (Å²) in [5.41, 5.74) is 9.06. The number of aryl methyl sites for hydroxylation is 1. The summed E-state index contributed by atoms with van der Waals surface area (Å²) in [4.78, 5) is 13.1. The molecule has 0 spiro atoms. The molecule has 5 rings (SSSR count). The molecule has 0 aliphatic heterocycles. The highest BCUT2D eigenvalue weighted by molar-refractivity contribution is 5.86. The van der Waals surface area contributed by atoms with E-state index in [9.17, 15) is 5.11 Å². The number of benzene rings is 1. The molecule has 7 heteroatoms. The molecule has 0 amide bonds. The van der Waals surface area contributed by atoms with Gasteiger partial charge in [0, 0.05) is 18.6 Å². The van der Waals surface area contributed by atoms with Crippen molar-refractivity contribution in [2.24, 2.45) is 5.92 Å². The summed E-state index contributed by atoms with van der Waals surface area (Å²) in [5.74, 6) is 1.83. The van der Waals surface area contributed by atoms with Crippen molar-refractivity contribution in [3.05, 3.63) is 54.5 Å². The number of rotatable bonds is 5. The summed E-state index contributed by atoms with van der Waals surface area (Å²) in [6, 6.07) is 12.5. The predicted molar refractivity (Wildman–Crippen MR) is 119 cm³/mol. The van der Waals surface area contributed by atoms with Crippen molar-refractivity contribution in [2.75, 3.05) is 18.1 Å². The lowest BCUT2D eigenvalue weighted by atomic mass is 9.97. The molecule has 3 heterocycles. The smallest absolute Gasteiger partial charge is 0.145 e. The van der Waals surface area contributed by atoms with Crippen molar-refractivity contribution >= 4 is 33.6 Å². The van der Waals surface area contributed by atoms with Crippen molar-refractivity contribution < 1.29 is 5.11 Å². The van der Waals surface area contributed by atoms with Gasteiger partial charge in [0.2, 0.25) is 0 Å². The van der Waals surface area contributed by atoms with E-state index in [1.165, 1.54) is 11.9 Å². The Morgan fingerprint density at radius 2 is 2.03 bits per heavy atom. The third-order valence-electron chi connectivity index (χ3n) is 6.35. The van der Waals surface area contributed by atoms with Crippen molar-refractivity contribution in [3.63, 3.8) is 0 Å². The standard InChI is InChI=1S/C23H26N6O/c1-25-21-7-6-16-5-4-14(10-18(16)28-21)2-3-15-11-19(20(30)12-15)29-9-8-17-22(24)26-13-27-23(17)29/h4-10,13,15,19-20,30H,2-3,11-12H2,1H3,(H,25,28)(H2,24,26,27). The number of fused-ring (bicyclic) bond motifs is 2. The number of aliphatic hydroxyl groups is 1. The normalized spacial score (nSPS) is 21.5. The first kappa shape index (κ1) is 18.8. The number of anilines is 2. The minimum Gasteiger partial charge on any atom is -0.391 e. The van der Waals surface area contributed by atoms with Gasteiger partial charge in [-0.25, -0.2) is 15.0 Å². The van der Waals surface area contributed by atoms with Crippen LogP contribution >= 0.6 is 0 Å². The van der Waals surface area contributed by atoms with E-state index in [-0.39, 0.29) is 12.1 Å². The highest BCUT2D eigenvalue weighted by Crippen LogP contribution is 2.39. The van der Waals surface area contributed by atoms with Gasteiger partial charge in [-0.1, -0.05) is 12.1 Å². The lowest BCUT2D eigenvalue weighted by Crippen LogP contribution is -2.17. The Hall–Kier alpha value is -3.19. The third kappa shape index (κ3) is 3.35. The summed E-state index contributed by atoms with van der Waals surface area (Å²) < 4.78 is 2.07. The summed E-state index contributed by atoms with van der Waals surface area (Å²) in [6.45, 7) is 0. The van der Waals surface area contributed by atoms with Crippen LogP contribution in [0.4, 0.5) is 11.6 Å². The molecule has 3 unspecified atom stereocenters. The van der Waals surface area contributed by atoms with Crippen molar-refractivity contribution in [2.45, 2.75) is 37.8 Å². The molecule has 1 aromatic carbocycles. The zero-order chi connectivity index (χ0) is 20.7. The monoisotopic (exact) mass is 402 g/mol. The van der Waals surface area contributed by atoms with E-state index in [0.29, 0.717) is 11.7 Å². The lowest BCUT2D eigenvalue weighted by Gasteiger charge is -2.17. The molecule has 3 aromatic heterocycles. The van der Waals surface area contributed by atoms with Crippen LogP contribution in [-0.2, 0) is 6.42 Å². The molecule has 30 heavy (non-hydrogen) atoms. The number of nitrogens with two attached hydrogens (primary N) is 1. The van der Waals surface area contributed by atoms with E-state index >= 15 is 0 Å². The van der Waals surface area contributed by atoms with Crippen LogP contribution in [0.1, 0.15) is 30.9 Å². The topological polar surface area (TPSA) is 102 Å². The van der Waals surface area contributed by atoms with Crippen LogP contribution < -0.4 is 11.1 Å². The van der Waals surface area contributed by atoms with E-state index in [4.69, 9.17) is 5.73 Å². The number of hydrogen-bond acceptors (Lipinski definition) is 6. The van der Waals surface area contributed by atoms with Gasteiger partial charge in [-0.2, -0.15) is 0 Å². The third-order valence-corrected chi connectivity index (χ3v) is 6.35. The zero-order valence-corrected chi connectivity index (χ0v) is 17.0. The molecule has 0 bridgehead atoms. The summed E-state index contributed by atoms with van der Waals surface area (Å²) in [7, 11) is 1.88. The van der Waals surface area contributed by atoms with Gasteiger partial charge in [-0.05, 0) is 61.4 Å². The van der Waals surface area contributed by atoms with Crippen LogP contribution in [0.2, 0.25) is 0 Å². The predicted octanol–water partition coefficient (Wildman–Crippen LogP) is 3.55. The molecule has 1 aliphatic rings. The Morgan fingerprint density at radius 1 is 1.17 bits per heavy atom. The van der Waals surface area contributed by atoms with Crippen LogP contribution in [0, 0.1) is 5.92 Å². The van der Waals surface area contributed by atoms with Gasteiger partial charge in [0.05, 0.1) is 23.0 Å². The first-order valence-corrected chi connectivity index (χ1v) is 10.4. The highest BCUT2D eigenvalue weighted by Gasteiger charge is 2.34. The molecular formula is C23H26N6O. The second kappa shape index (κ2) is 7.57. The molecule has 1 aliphatic carbocycles. The largest absolute Gasteiger partial charge is 0.391 e. The molecule has 4 aromatic rings. The summed E-state index contributed by atoms with van der Waals surface area (Å²) in [5, 5.41) is 15.8. The number of nitrogens with one attached hydrogen (secondary N) is 1. The van der Waals surface area contributed by atoms with Crippen molar-refractivity contribution in [1.29, 1.82) is 0 Å². The Kier molecular flexibility index (Phi) is 4.75. The summed E-state index contributed by atoms with van der Waals surface area (Å²) >= 11 is 0. The number of aliphatic hydroxyl groups excluding tert-OH is 1. The highest BCUT2D eigenvalue weighted by atomic mass is 16.3. The number of hydrogen-bond donors (Lipinski definition) is 3. The van der Waals surface area contributed by atoms with E-state index in [1.807, 2.05) is 25.4 Å². The Bertz CT molecular complexity index is 1200. The molecule has 154 valence electrons. The number of nitrogen functional groups attached to an aromatic ring is 1. The maximum atomic E-state index is 10.7. The zero-order valence-electron chi connectivity index (χ0n) is 17.0. The van der Waals surface area contributed by atoms with E-state index in [0.717, 1.165) is 53.4 Å². The average molecular weight is 403 g/mol. The van der Waals surface area contributed by atoms with Gasteiger partial charge in [0.1, 0.15) is 23.6 Å². The molecule has 1 saturated carbocycles. The quantitative estimate of drug-likeness (QED) is 0.472. The maximum Gasteiger partial charge on any atom is 0.145 e. The molecule has 3 atom stereocenters. The van der Waals surface area contributed by atoms with Crippen LogP contribution in [-0.4, -0.2) is 37.8 Å². The van der Waals surface area contributed by atoms with Gasteiger partial charge in [-0.15, -0.1) is 0 Å². The molecule has 0 radical (unpaired) electrons. The van der Waals surface area contributed by atoms with E-state index in [1.54, 1.807) is 0 Å². The van der Waals surface area contributed by atoms with Gasteiger partial charge < -0.3 is 20.7 Å². The fourth-order valence-corrected chi connectivity index (χ4v) is 4.71. The van der Waals surface area contributed by atoms with E-state index < -0.39 is 0 Å². The minimum atomic E-state index is -0.377. The molecule has 7 nitrogen and oxygen atoms in total. The van der Waals surface area contributed by atoms with Gasteiger partial charge in [-0.3, -0.25) is 0 Å². The first-order chi connectivity index (χ1) is 14.6. The molecular weight excluding hydrogens is 376 g/mol. The van der Waals surface area contributed by atoms with Gasteiger partial charge >= 0.3 is 0 Å². The fourth-order valence-electron chi connectivity index (χ4n) is 4.71. The van der Waals surface area contributed by atoms with Crippen molar-refractivity contribution in [3.8, 4) is 0 Å². The second-order valence-corrected chi connectivity index (χ2v) is 8.20. The lowest BCUT2D eigenvalue weighted by molar-refractivity contribution is 0.136. The van der Waals surface area contributed by atoms with Gasteiger partial charge in [0.15, 0.2) is 0 Å². The van der Waals surface area contributed by atoms with Crippen molar-refractivity contribution in [1.82, 2.24) is 19.5 Å². The summed E-state index contributed by atoms with van der Waals surface area (Å²) in [6.07, 6.45) is 6.85. The maximum absolute atomic E-state index is 10.7. The van der Waals surface area contributed by atoms with Gasteiger partial charge in [0.25, 0.3) is 0 Å². The van der Waals surface area contributed by atoms with Crippen LogP contribution in [0.25, 0.3) is 21.9 Å². The Balaban J connectivity index is 1.30. The minimum absolute atomic E-state index is 0.0262. The Labute approximate surface area is 175 Å². The number of aromatic nitrogens is 4. The SMILES string of the molecule is CNc1ccc2ccc(CCC3CC(O)C(n4ccc5c(N)ncnc54)C3)cc2n1. The number of nitrogens with zero attached hydrogens (tertiary/aromatic N) is 4. The van der Waals surface area contributed by atoms with Crippen LogP contribution in [0.3, 0.4) is 0 Å². The molecule has 4 N–H and O–H groups in total. The van der Waals surface area contributed by atoms with E-state index in [2.05, 4.69) is 49.1 Å². The van der Waals surface area contributed by atoms with Crippen LogP contribution in [0.5, 0.6) is 0 Å². The first-order valence-electron chi connectivity index (χ1n) is 10.4. The molecule has 1 fully saturated rings. The fraction of sp³-hybridized carbons (Fsp3) is 0.348. The second-order valence-electron chi connectivity index (χ2n) is 8.20. The average Bonchev–Trinajstić information content (AvgIpc) is 3.35. The van der Waals surface area contributed by atoms with Crippen LogP contribution in [0.15, 0.2) is 48.9 Å². The molecule has 0 saturated heterocycles. The number of pyridine rings is 1. The Morgan fingerprint density at radius 3 is 2.90 bits per heavy atom.